The lowest BCUT2D eigenvalue weighted by molar-refractivity contribution is -0.118. The number of nitriles is 1. The third kappa shape index (κ3) is 4.23. The Morgan fingerprint density at radius 1 is 1.29 bits per heavy atom. The van der Waals surface area contributed by atoms with E-state index in [4.69, 9.17) is 4.74 Å². The van der Waals surface area contributed by atoms with E-state index in [1.807, 2.05) is 6.07 Å². The van der Waals surface area contributed by atoms with Crippen molar-refractivity contribution in [2.45, 2.75) is 38.6 Å². The van der Waals surface area contributed by atoms with E-state index in [1.165, 1.54) is 19.6 Å². The summed E-state index contributed by atoms with van der Waals surface area (Å²) in [6.45, 7) is 2.12. The molecular weight excluding hydrogens is 304 g/mol. The van der Waals surface area contributed by atoms with Gasteiger partial charge in [0.1, 0.15) is 11.6 Å². The molecule has 1 N–H and O–H groups in total. The van der Waals surface area contributed by atoms with Crippen LogP contribution in [0.5, 0.6) is 0 Å². The number of ether oxygens (including phenoxy) is 1. The van der Waals surface area contributed by atoms with Gasteiger partial charge in [-0.3, -0.25) is 4.79 Å². The van der Waals surface area contributed by atoms with Crippen LogP contribution in [0.3, 0.4) is 0 Å². The summed E-state index contributed by atoms with van der Waals surface area (Å²) in [5.41, 5.74) is 0.809. The first-order valence-electron chi connectivity index (χ1n) is 8.16. The molecule has 0 aliphatic heterocycles. The van der Waals surface area contributed by atoms with Crippen molar-refractivity contribution in [2.24, 2.45) is 5.92 Å². The summed E-state index contributed by atoms with van der Waals surface area (Å²) >= 11 is 0. The molecule has 0 bridgehead atoms. The summed E-state index contributed by atoms with van der Waals surface area (Å²) < 4.78 is 4.74. The third-order valence-electron chi connectivity index (χ3n) is 4.46. The first-order valence-corrected chi connectivity index (χ1v) is 8.16. The Kier molecular flexibility index (Phi) is 6.14. The molecule has 126 valence electrons. The lowest BCUT2D eigenvalue weighted by Gasteiger charge is -2.29. The van der Waals surface area contributed by atoms with E-state index in [9.17, 15) is 14.9 Å². The molecule has 2 rings (SSSR count). The molecule has 0 saturated heterocycles. The van der Waals surface area contributed by atoms with E-state index in [0.29, 0.717) is 17.0 Å². The Hall–Kier alpha value is -2.61. The largest absolute Gasteiger partial charge is 0.465 e. The van der Waals surface area contributed by atoms with Gasteiger partial charge in [-0.1, -0.05) is 38.0 Å². The van der Waals surface area contributed by atoms with Gasteiger partial charge in [-0.15, -0.1) is 0 Å². The number of nitrogens with one attached hydrogen (secondary N) is 1. The van der Waals surface area contributed by atoms with Gasteiger partial charge in [0.2, 0.25) is 0 Å². The van der Waals surface area contributed by atoms with Gasteiger partial charge in [0.15, 0.2) is 0 Å². The molecule has 0 heterocycles. The van der Waals surface area contributed by atoms with Crippen molar-refractivity contribution in [3.05, 3.63) is 41.0 Å². The average Bonchev–Trinajstić information content (AvgIpc) is 2.61. The number of hydrogen-bond donors (Lipinski definition) is 1. The summed E-state index contributed by atoms with van der Waals surface area (Å²) in [5, 5.41) is 12.3. The minimum Gasteiger partial charge on any atom is -0.465 e. The number of benzene rings is 1. The van der Waals surface area contributed by atoms with Crippen molar-refractivity contribution >= 4 is 18.0 Å². The molecule has 1 fully saturated rings. The SMILES string of the molecule is COC(=O)c1ccccc1/C=C(\C#N)C(=O)N[C@H]1CCCC[C@H]1C. The molecular formula is C19H22N2O3. The van der Waals surface area contributed by atoms with Crippen molar-refractivity contribution in [3.63, 3.8) is 0 Å². The van der Waals surface area contributed by atoms with E-state index in [0.717, 1.165) is 19.3 Å². The van der Waals surface area contributed by atoms with E-state index >= 15 is 0 Å². The van der Waals surface area contributed by atoms with Crippen LogP contribution in [0.2, 0.25) is 0 Å². The number of amides is 1. The molecule has 0 aromatic heterocycles. The first kappa shape index (κ1) is 17.7. The fourth-order valence-corrected chi connectivity index (χ4v) is 3.00. The fourth-order valence-electron chi connectivity index (χ4n) is 3.00. The van der Waals surface area contributed by atoms with Crippen LogP contribution in [0, 0.1) is 17.2 Å². The van der Waals surface area contributed by atoms with E-state index < -0.39 is 11.9 Å². The zero-order chi connectivity index (χ0) is 17.5. The predicted molar refractivity (Wildman–Crippen MR) is 90.9 cm³/mol. The normalized spacial score (nSPS) is 20.8. The van der Waals surface area contributed by atoms with Gasteiger partial charge in [0, 0.05) is 6.04 Å². The Morgan fingerprint density at radius 3 is 2.67 bits per heavy atom. The van der Waals surface area contributed by atoms with E-state index in [1.54, 1.807) is 24.3 Å². The molecule has 1 amide bonds. The Morgan fingerprint density at radius 2 is 2.00 bits per heavy atom. The average molecular weight is 326 g/mol. The maximum absolute atomic E-state index is 12.4. The van der Waals surface area contributed by atoms with Gasteiger partial charge in [-0.05, 0) is 36.5 Å². The van der Waals surface area contributed by atoms with Crippen molar-refractivity contribution in [2.75, 3.05) is 7.11 Å². The fraction of sp³-hybridized carbons (Fsp3) is 0.421. The Bertz CT molecular complexity index is 688. The molecule has 1 aromatic rings. The molecule has 5 nitrogen and oxygen atoms in total. The lowest BCUT2D eigenvalue weighted by Crippen LogP contribution is -2.41. The number of esters is 1. The van der Waals surface area contributed by atoms with Crippen LogP contribution in [-0.4, -0.2) is 25.0 Å². The van der Waals surface area contributed by atoms with Crippen LogP contribution in [0.4, 0.5) is 0 Å². The van der Waals surface area contributed by atoms with Gasteiger partial charge in [-0.2, -0.15) is 5.26 Å². The van der Waals surface area contributed by atoms with Crippen LogP contribution in [-0.2, 0) is 9.53 Å². The number of carbonyl (C=O) groups is 2. The first-order chi connectivity index (χ1) is 11.6. The predicted octanol–water partition coefficient (Wildman–Crippen LogP) is 3.08. The molecule has 1 aliphatic carbocycles. The molecule has 1 saturated carbocycles. The van der Waals surface area contributed by atoms with E-state index in [-0.39, 0.29) is 11.6 Å². The van der Waals surface area contributed by atoms with Crippen LogP contribution in [0.15, 0.2) is 29.8 Å². The summed E-state index contributed by atoms with van der Waals surface area (Å²) in [6, 6.07) is 8.77. The minimum atomic E-state index is -0.500. The number of nitrogens with zero attached hydrogens (tertiary/aromatic N) is 1. The second-order valence-electron chi connectivity index (χ2n) is 6.09. The highest BCUT2D eigenvalue weighted by molar-refractivity contribution is 6.03. The number of methoxy groups -OCH3 is 1. The van der Waals surface area contributed by atoms with Crippen molar-refractivity contribution in [1.29, 1.82) is 5.26 Å². The quantitative estimate of drug-likeness (QED) is 0.524. The van der Waals surface area contributed by atoms with E-state index in [2.05, 4.69) is 12.2 Å². The maximum Gasteiger partial charge on any atom is 0.338 e. The van der Waals surface area contributed by atoms with Gasteiger partial charge >= 0.3 is 5.97 Å². The van der Waals surface area contributed by atoms with Gasteiger partial charge < -0.3 is 10.1 Å². The Labute approximate surface area is 142 Å². The van der Waals surface area contributed by atoms with Gasteiger partial charge in [0.05, 0.1) is 12.7 Å². The van der Waals surface area contributed by atoms with Gasteiger partial charge in [-0.25, -0.2) is 4.79 Å². The molecule has 2 atom stereocenters. The molecule has 0 unspecified atom stereocenters. The minimum absolute atomic E-state index is 0.0101. The molecule has 5 heteroatoms. The van der Waals surface area contributed by atoms with Crippen LogP contribution in [0.25, 0.3) is 6.08 Å². The smallest absolute Gasteiger partial charge is 0.338 e. The topological polar surface area (TPSA) is 79.2 Å². The summed E-state index contributed by atoms with van der Waals surface area (Å²) in [5.74, 6) is -0.485. The highest BCUT2D eigenvalue weighted by atomic mass is 16.5. The number of rotatable bonds is 4. The molecule has 0 spiro atoms. The molecule has 1 aliphatic rings. The standard InChI is InChI=1S/C19H22N2O3/c1-13-7-3-6-10-17(13)21-18(22)15(12-20)11-14-8-4-5-9-16(14)19(23)24-2/h4-5,8-9,11,13,17H,3,6-7,10H2,1-2H3,(H,21,22)/b15-11+/t13-,17+/m1/s1. The Balaban J connectivity index is 2.22. The van der Waals surface area contributed by atoms with Crippen LogP contribution in [0.1, 0.15) is 48.5 Å². The lowest BCUT2D eigenvalue weighted by atomic mass is 9.86. The second kappa shape index (κ2) is 8.30. The zero-order valence-corrected chi connectivity index (χ0v) is 14.0. The second-order valence-corrected chi connectivity index (χ2v) is 6.09. The summed E-state index contributed by atoms with van der Waals surface area (Å²) in [4.78, 5) is 24.2. The van der Waals surface area contributed by atoms with Gasteiger partial charge in [0.25, 0.3) is 5.91 Å². The van der Waals surface area contributed by atoms with Crippen molar-refractivity contribution in [1.82, 2.24) is 5.32 Å². The highest BCUT2D eigenvalue weighted by Crippen LogP contribution is 2.24. The molecule has 0 radical (unpaired) electrons. The van der Waals surface area contributed by atoms with Crippen LogP contribution >= 0.6 is 0 Å². The highest BCUT2D eigenvalue weighted by Gasteiger charge is 2.24. The molecule has 1 aromatic carbocycles. The third-order valence-corrected chi connectivity index (χ3v) is 4.46. The monoisotopic (exact) mass is 326 g/mol. The number of hydrogen-bond acceptors (Lipinski definition) is 4. The van der Waals surface area contributed by atoms with Crippen molar-refractivity contribution in [3.8, 4) is 6.07 Å². The van der Waals surface area contributed by atoms with Crippen molar-refractivity contribution < 1.29 is 14.3 Å². The molecule has 24 heavy (non-hydrogen) atoms. The summed E-state index contributed by atoms with van der Waals surface area (Å²) in [6.07, 6.45) is 5.73. The van der Waals surface area contributed by atoms with Crippen LogP contribution < -0.4 is 5.32 Å². The number of carbonyl (C=O) groups excluding carboxylic acids is 2. The zero-order valence-electron chi connectivity index (χ0n) is 14.0. The maximum atomic E-state index is 12.4. The summed E-state index contributed by atoms with van der Waals surface area (Å²) in [7, 11) is 1.30.